The van der Waals surface area contributed by atoms with Crippen molar-refractivity contribution < 1.29 is 13.6 Å². The summed E-state index contributed by atoms with van der Waals surface area (Å²) in [4.78, 5) is 20.7. The van der Waals surface area contributed by atoms with Crippen molar-refractivity contribution in [1.82, 2.24) is 9.88 Å². The average molecular weight is 472 g/mol. The first-order chi connectivity index (χ1) is 13.8. The summed E-state index contributed by atoms with van der Waals surface area (Å²) in [6, 6.07) is 9.20. The number of nitrogens with zero attached hydrogens (tertiary/aromatic N) is 3. The number of halogens is 4. The van der Waals surface area contributed by atoms with Gasteiger partial charge in [-0.25, -0.2) is 13.8 Å². The van der Waals surface area contributed by atoms with Gasteiger partial charge in [0.15, 0.2) is 10.9 Å². The highest BCUT2D eigenvalue weighted by molar-refractivity contribution is 7.22. The Balaban J connectivity index is 0.00000320. The Morgan fingerprint density at radius 1 is 1.20 bits per heavy atom. The van der Waals surface area contributed by atoms with Crippen LogP contribution in [0.25, 0.3) is 16.3 Å². The van der Waals surface area contributed by atoms with Crippen molar-refractivity contribution in [2.24, 2.45) is 0 Å². The second-order valence-electron chi connectivity index (χ2n) is 6.73. The molecule has 0 bridgehead atoms. The number of thiazole rings is 1. The summed E-state index contributed by atoms with van der Waals surface area (Å²) in [7, 11) is 3.89. The van der Waals surface area contributed by atoms with E-state index in [9.17, 15) is 13.6 Å². The molecule has 1 aromatic heterocycles. The predicted molar refractivity (Wildman–Crippen MR) is 123 cm³/mol. The van der Waals surface area contributed by atoms with Crippen LogP contribution in [0, 0.1) is 11.6 Å². The Morgan fingerprint density at radius 3 is 2.63 bits per heavy atom. The van der Waals surface area contributed by atoms with E-state index >= 15 is 0 Å². The number of fused-ring (bicyclic) bond motifs is 1. The van der Waals surface area contributed by atoms with Gasteiger partial charge in [-0.1, -0.05) is 41.1 Å². The molecule has 0 aliphatic carbocycles. The molecule has 3 rings (SSSR count). The molecular weight excluding hydrogens is 451 g/mol. The molecule has 2 aromatic carbocycles. The third-order valence-corrected chi connectivity index (χ3v) is 5.57. The Kier molecular flexibility index (Phi) is 8.73. The van der Waals surface area contributed by atoms with Gasteiger partial charge in [-0.3, -0.25) is 9.69 Å². The fraction of sp³-hybridized carbons (Fsp3) is 0.238. The van der Waals surface area contributed by atoms with E-state index in [2.05, 4.69) is 4.98 Å². The molecule has 0 aliphatic heterocycles. The molecule has 0 atom stereocenters. The molecule has 0 fully saturated rings. The normalized spacial score (nSPS) is 11.3. The lowest BCUT2D eigenvalue weighted by Gasteiger charge is -2.19. The molecule has 160 valence electrons. The van der Waals surface area contributed by atoms with Gasteiger partial charge in [0.25, 0.3) is 5.91 Å². The van der Waals surface area contributed by atoms with Crippen molar-refractivity contribution in [3.05, 3.63) is 64.7 Å². The maximum atomic E-state index is 14.1. The van der Waals surface area contributed by atoms with Crippen molar-refractivity contribution in [2.75, 3.05) is 32.1 Å². The Morgan fingerprint density at radius 2 is 1.93 bits per heavy atom. The van der Waals surface area contributed by atoms with Crippen molar-refractivity contribution in [3.8, 4) is 0 Å². The number of aromatic nitrogens is 1. The molecule has 0 saturated heterocycles. The summed E-state index contributed by atoms with van der Waals surface area (Å²) in [6.07, 6.45) is 3.75. The summed E-state index contributed by atoms with van der Waals surface area (Å²) >= 11 is 7.23. The van der Waals surface area contributed by atoms with Gasteiger partial charge in [-0.15, -0.1) is 12.4 Å². The molecule has 30 heavy (non-hydrogen) atoms. The van der Waals surface area contributed by atoms with Crippen molar-refractivity contribution in [1.29, 1.82) is 0 Å². The number of amides is 1. The Hall–Kier alpha value is -2.06. The van der Waals surface area contributed by atoms with E-state index in [1.807, 2.05) is 31.1 Å². The molecular formula is C21H21Cl2F2N3OS. The van der Waals surface area contributed by atoms with Crippen molar-refractivity contribution in [3.63, 3.8) is 0 Å². The molecule has 0 unspecified atom stereocenters. The quantitative estimate of drug-likeness (QED) is 0.417. The van der Waals surface area contributed by atoms with E-state index in [1.165, 1.54) is 17.0 Å². The van der Waals surface area contributed by atoms with Gasteiger partial charge >= 0.3 is 0 Å². The molecule has 9 heteroatoms. The van der Waals surface area contributed by atoms with Crippen LogP contribution in [0.15, 0.2) is 42.5 Å². The van der Waals surface area contributed by atoms with Crippen LogP contribution in [0.4, 0.5) is 13.9 Å². The second kappa shape index (κ2) is 10.8. The first-order valence-corrected chi connectivity index (χ1v) is 10.2. The van der Waals surface area contributed by atoms with Crippen LogP contribution in [0.2, 0.25) is 5.02 Å². The summed E-state index contributed by atoms with van der Waals surface area (Å²) in [5.74, 6) is -1.72. The maximum absolute atomic E-state index is 14.1. The van der Waals surface area contributed by atoms with E-state index in [0.717, 1.165) is 23.9 Å². The van der Waals surface area contributed by atoms with E-state index in [1.54, 1.807) is 18.2 Å². The van der Waals surface area contributed by atoms with Gasteiger partial charge in [0.2, 0.25) is 0 Å². The van der Waals surface area contributed by atoms with Gasteiger partial charge in [-0.05, 0) is 50.8 Å². The van der Waals surface area contributed by atoms with E-state index in [4.69, 9.17) is 11.6 Å². The molecule has 4 nitrogen and oxygen atoms in total. The van der Waals surface area contributed by atoms with Crippen LogP contribution in [-0.2, 0) is 4.79 Å². The molecule has 0 saturated carbocycles. The fourth-order valence-electron chi connectivity index (χ4n) is 2.77. The smallest absolute Gasteiger partial charge is 0.252 e. The molecule has 0 radical (unpaired) electrons. The summed E-state index contributed by atoms with van der Waals surface area (Å²) in [5.41, 5.74) is 0.778. The van der Waals surface area contributed by atoms with Crippen LogP contribution in [0.5, 0.6) is 0 Å². The van der Waals surface area contributed by atoms with Crippen LogP contribution in [0.1, 0.15) is 12.0 Å². The lowest BCUT2D eigenvalue weighted by atomic mass is 10.2. The zero-order valence-corrected chi connectivity index (χ0v) is 18.8. The summed E-state index contributed by atoms with van der Waals surface area (Å²) in [5, 5.41) is 0.866. The van der Waals surface area contributed by atoms with E-state index in [-0.39, 0.29) is 23.8 Å². The number of rotatable bonds is 7. The van der Waals surface area contributed by atoms with Crippen LogP contribution in [0.3, 0.4) is 0 Å². The standard InChI is InChI=1S/C21H20ClF2N3OS.ClH/c1-26(2)10-5-11-27(19(28)9-8-14-6-3-4-7-16(14)22)21-25-20-17(24)12-15(23)13-18(20)29-21;/h3-4,6-9,12-13H,5,10-11H2,1-2H3;1H. The van der Waals surface area contributed by atoms with E-state index in [0.29, 0.717) is 33.4 Å². The van der Waals surface area contributed by atoms with Crippen molar-refractivity contribution >= 4 is 62.7 Å². The van der Waals surface area contributed by atoms with Gasteiger partial charge in [0.1, 0.15) is 11.3 Å². The third kappa shape index (κ3) is 5.98. The monoisotopic (exact) mass is 471 g/mol. The zero-order chi connectivity index (χ0) is 21.0. The topological polar surface area (TPSA) is 36.4 Å². The largest absolute Gasteiger partial charge is 0.309 e. The number of carbonyl (C=O) groups excluding carboxylic acids is 1. The average Bonchev–Trinajstić information content (AvgIpc) is 3.08. The number of benzene rings is 2. The first kappa shape index (κ1) is 24.2. The summed E-state index contributed by atoms with van der Waals surface area (Å²) < 4.78 is 28.0. The van der Waals surface area contributed by atoms with Gasteiger partial charge in [-0.2, -0.15) is 0 Å². The minimum Gasteiger partial charge on any atom is -0.309 e. The number of hydrogen-bond acceptors (Lipinski definition) is 4. The second-order valence-corrected chi connectivity index (χ2v) is 8.15. The Bertz CT molecular complexity index is 1060. The van der Waals surface area contributed by atoms with Crippen LogP contribution >= 0.6 is 35.3 Å². The molecule has 1 heterocycles. The minimum atomic E-state index is -0.741. The predicted octanol–water partition coefficient (Wildman–Crippen LogP) is 5.65. The fourth-order valence-corrected chi connectivity index (χ4v) is 4.00. The lowest BCUT2D eigenvalue weighted by Crippen LogP contribution is -2.32. The highest BCUT2D eigenvalue weighted by Crippen LogP contribution is 2.31. The molecule has 3 aromatic rings. The zero-order valence-electron chi connectivity index (χ0n) is 16.4. The molecule has 1 amide bonds. The molecule has 0 aliphatic rings. The molecule has 0 spiro atoms. The molecule has 0 N–H and O–H groups in total. The van der Waals surface area contributed by atoms with Crippen LogP contribution in [-0.4, -0.2) is 43.0 Å². The Labute approximate surface area is 189 Å². The lowest BCUT2D eigenvalue weighted by molar-refractivity contribution is -0.114. The first-order valence-electron chi connectivity index (χ1n) is 8.99. The third-order valence-electron chi connectivity index (χ3n) is 4.20. The van der Waals surface area contributed by atoms with Crippen LogP contribution < -0.4 is 4.90 Å². The highest BCUT2D eigenvalue weighted by atomic mass is 35.5. The van der Waals surface area contributed by atoms with Gasteiger partial charge in [0.05, 0.1) is 4.70 Å². The van der Waals surface area contributed by atoms with E-state index < -0.39 is 11.6 Å². The number of carbonyl (C=O) groups is 1. The van der Waals surface area contributed by atoms with Gasteiger partial charge in [0, 0.05) is 23.7 Å². The summed E-state index contributed by atoms with van der Waals surface area (Å²) in [6.45, 7) is 1.17. The highest BCUT2D eigenvalue weighted by Gasteiger charge is 2.19. The minimum absolute atomic E-state index is 0. The SMILES string of the molecule is CN(C)CCCN(C(=O)C=Cc1ccccc1Cl)c1nc2c(F)cc(F)cc2s1.Cl. The maximum Gasteiger partial charge on any atom is 0.252 e. The number of anilines is 1. The number of hydrogen-bond donors (Lipinski definition) is 0. The van der Waals surface area contributed by atoms with Gasteiger partial charge < -0.3 is 4.90 Å². The van der Waals surface area contributed by atoms with Crippen molar-refractivity contribution in [2.45, 2.75) is 6.42 Å².